The molecule has 18 nitrogen and oxygen atoms in total. The monoisotopic (exact) mass is 1140 g/mol. The largest absolute Gasteiger partial charge is 0.494 e. The molecule has 1 saturated heterocycles. The molecular formula is C60H79ClN8O10S. The van der Waals surface area contributed by atoms with E-state index in [9.17, 15) is 34.0 Å². The molecule has 2 fully saturated rings. The molecule has 1 aromatic heterocycles. The van der Waals surface area contributed by atoms with Crippen molar-refractivity contribution in [3.63, 3.8) is 0 Å². The van der Waals surface area contributed by atoms with Crippen molar-refractivity contribution >= 4 is 58.4 Å². The molecule has 0 unspecified atom stereocenters. The standard InChI is InChI=1S/C60H79ClN8O10S/c1-34(2)47(63)53(73)67-48(35(3)4)55(75)78-43-28-45(52(72)64-30-37-15-17-38(18-16-37)49-36(5)65-33-80-49)69(31-43)54(74)50(58(6,7)8)66-46(70)32-76-25-13-14-26-77-41-22-19-39(20-23-41)51(71)68-56-59(9,10)57(60(56,11)12)79-42-24-21-40(29-62)44(61)27-42/h15-24,27,33-35,43,45,47-48,50,56-57H,13-14,25-26,28,30-32,63H2,1-12H3,(H,64,72)(H,66,70)(H,67,73)(H,68,71)/t43-,45+,47+,48+,50-,56-,57-/m1/s1. The second-order valence-corrected chi connectivity index (χ2v) is 25.0. The molecule has 432 valence electrons. The van der Waals surface area contributed by atoms with Crippen molar-refractivity contribution in [2.45, 2.75) is 151 Å². The number of ether oxygens (including phenoxy) is 4. The van der Waals surface area contributed by atoms with Crippen LogP contribution in [0.15, 0.2) is 72.2 Å². The Balaban J connectivity index is 0.991. The quantitative estimate of drug-likeness (QED) is 0.0331. The molecule has 2 heterocycles. The second kappa shape index (κ2) is 26.8. The third-order valence-corrected chi connectivity index (χ3v) is 16.2. The summed E-state index contributed by atoms with van der Waals surface area (Å²) in [5.74, 6) is -2.35. The fourth-order valence-electron chi connectivity index (χ4n) is 10.5. The van der Waals surface area contributed by atoms with Gasteiger partial charge in [0.15, 0.2) is 0 Å². The number of aryl methyl sites for hydroxylation is 1. The van der Waals surface area contributed by atoms with E-state index in [0.29, 0.717) is 47.1 Å². The Kier molecular flexibility index (Phi) is 21.0. The van der Waals surface area contributed by atoms with E-state index in [1.807, 2.05) is 58.9 Å². The molecule has 0 spiro atoms. The summed E-state index contributed by atoms with van der Waals surface area (Å²) in [5.41, 5.74) is 9.82. The Morgan fingerprint density at radius 1 is 0.900 bits per heavy atom. The van der Waals surface area contributed by atoms with E-state index in [1.165, 1.54) is 4.90 Å². The van der Waals surface area contributed by atoms with Gasteiger partial charge in [-0.2, -0.15) is 5.26 Å². The maximum Gasteiger partial charge on any atom is 0.329 e. The number of esters is 1. The van der Waals surface area contributed by atoms with E-state index in [2.05, 4.69) is 32.3 Å². The first kappa shape index (κ1) is 62.6. The number of amides is 5. The topological polar surface area (TPSA) is 253 Å². The Labute approximate surface area is 479 Å². The van der Waals surface area contributed by atoms with Crippen LogP contribution in [0.4, 0.5) is 0 Å². The fraction of sp³-hybridized carbons (Fsp3) is 0.533. The van der Waals surface area contributed by atoms with E-state index in [1.54, 1.807) is 108 Å². The summed E-state index contributed by atoms with van der Waals surface area (Å²) in [7, 11) is 0. The van der Waals surface area contributed by atoms with Gasteiger partial charge in [-0.1, -0.05) is 112 Å². The molecule has 0 radical (unpaired) electrons. The number of benzene rings is 3. The van der Waals surface area contributed by atoms with Gasteiger partial charge in [0.2, 0.25) is 23.6 Å². The van der Waals surface area contributed by atoms with Gasteiger partial charge in [0.25, 0.3) is 5.91 Å². The second-order valence-electron chi connectivity index (χ2n) is 23.8. The summed E-state index contributed by atoms with van der Waals surface area (Å²) in [6.45, 7) is 23.0. The molecular weight excluding hydrogens is 1060 g/mol. The van der Waals surface area contributed by atoms with Gasteiger partial charge in [-0.3, -0.25) is 24.0 Å². The number of carbonyl (C=O) groups excluding carboxylic acids is 6. The maximum absolute atomic E-state index is 14.7. The van der Waals surface area contributed by atoms with Crippen LogP contribution < -0.4 is 36.5 Å². The zero-order chi connectivity index (χ0) is 58.9. The number of carbonyl (C=O) groups is 6. The number of rotatable bonds is 24. The molecule has 0 bridgehead atoms. The summed E-state index contributed by atoms with van der Waals surface area (Å²) in [6, 6.07) is 17.5. The third-order valence-electron chi connectivity index (χ3n) is 14.9. The Hall–Kier alpha value is -6.59. The number of unbranched alkanes of at least 4 members (excludes halogenated alkanes) is 1. The smallest absolute Gasteiger partial charge is 0.329 e. The summed E-state index contributed by atoms with van der Waals surface area (Å²) >= 11 is 7.80. The molecule has 6 rings (SSSR count). The van der Waals surface area contributed by atoms with Crippen LogP contribution in [0.1, 0.15) is 123 Å². The predicted octanol–water partition coefficient (Wildman–Crippen LogP) is 7.92. The number of hydrogen-bond donors (Lipinski definition) is 5. The minimum atomic E-state index is -1.09. The average Bonchev–Trinajstić information content (AvgIpc) is 4.05. The van der Waals surface area contributed by atoms with Gasteiger partial charge in [-0.05, 0) is 84.5 Å². The maximum atomic E-state index is 14.7. The number of nitrogens with one attached hydrogen (secondary N) is 4. The fourth-order valence-corrected chi connectivity index (χ4v) is 11.5. The summed E-state index contributed by atoms with van der Waals surface area (Å²) in [4.78, 5) is 89.2. The van der Waals surface area contributed by atoms with Gasteiger partial charge in [0, 0.05) is 48.1 Å². The first-order chi connectivity index (χ1) is 37.6. The minimum Gasteiger partial charge on any atom is -0.494 e. The van der Waals surface area contributed by atoms with Crippen molar-refractivity contribution in [2.75, 3.05) is 26.4 Å². The van der Waals surface area contributed by atoms with Crippen molar-refractivity contribution in [3.8, 4) is 28.0 Å². The minimum absolute atomic E-state index is 0.0206. The molecule has 2 aliphatic rings. The Morgan fingerprint density at radius 2 is 1.55 bits per heavy atom. The van der Waals surface area contributed by atoms with Crippen molar-refractivity contribution in [3.05, 3.63) is 99.6 Å². The molecule has 1 saturated carbocycles. The zero-order valence-corrected chi connectivity index (χ0v) is 49.6. The van der Waals surface area contributed by atoms with Crippen LogP contribution in [0.25, 0.3) is 10.4 Å². The Morgan fingerprint density at radius 3 is 2.14 bits per heavy atom. The number of nitrogens with zero attached hydrogens (tertiary/aromatic N) is 3. The van der Waals surface area contributed by atoms with E-state index in [4.69, 9.17) is 36.3 Å². The van der Waals surface area contributed by atoms with Gasteiger partial charge >= 0.3 is 5.97 Å². The average molecular weight is 1140 g/mol. The first-order valence-corrected chi connectivity index (χ1v) is 28.5. The highest BCUT2D eigenvalue weighted by Gasteiger charge is 2.64. The van der Waals surface area contributed by atoms with Crippen LogP contribution in [0.5, 0.6) is 11.5 Å². The van der Waals surface area contributed by atoms with Crippen LogP contribution in [-0.2, 0) is 40.0 Å². The number of aromatic nitrogens is 1. The summed E-state index contributed by atoms with van der Waals surface area (Å²) in [6.07, 6.45) is 0.00436. The number of thiazole rings is 1. The van der Waals surface area contributed by atoms with Crippen molar-refractivity contribution < 1.29 is 47.7 Å². The lowest BCUT2D eigenvalue weighted by Crippen LogP contribution is -2.74. The molecule has 5 atom stereocenters. The normalized spacial score (nSPS) is 19.4. The molecule has 20 heteroatoms. The van der Waals surface area contributed by atoms with Crippen LogP contribution in [0, 0.1) is 46.3 Å². The number of nitriles is 1. The van der Waals surface area contributed by atoms with E-state index in [-0.39, 0.29) is 62.6 Å². The molecule has 1 aliphatic heterocycles. The molecule has 3 aromatic carbocycles. The summed E-state index contributed by atoms with van der Waals surface area (Å²) in [5, 5.41) is 21.3. The lowest BCUT2D eigenvalue weighted by Gasteiger charge is -2.63. The van der Waals surface area contributed by atoms with Gasteiger partial charge in [-0.15, -0.1) is 11.3 Å². The molecule has 6 N–H and O–H groups in total. The van der Waals surface area contributed by atoms with E-state index >= 15 is 0 Å². The number of halogens is 1. The van der Waals surface area contributed by atoms with E-state index in [0.717, 1.165) is 21.7 Å². The lowest BCUT2D eigenvalue weighted by molar-refractivity contribution is -0.164. The van der Waals surface area contributed by atoms with Crippen molar-refractivity contribution in [2.24, 2.45) is 33.8 Å². The van der Waals surface area contributed by atoms with Crippen LogP contribution in [-0.4, -0.2) is 114 Å². The Bertz CT molecular complexity index is 2860. The molecule has 1 aliphatic carbocycles. The molecule has 80 heavy (non-hydrogen) atoms. The van der Waals surface area contributed by atoms with Gasteiger partial charge in [-0.25, -0.2) is 9.78 Å². The first-order valence-electron chi connectivity index (χ1n) is 27.2. The predicted molar refractivity (Wildman–Crippen MR) is 306 cm³/mol. The van der Waals surface area contributed by atoms with Crippen LogP contribution in [0.3, 0.4) is 0 Å². The van der Waals surface area contributed by atoms with Crippen molar-refractivity contribution in [1.82, 2.24) is 31.2 Å². The number of nitrogens with two attached hydrogens (primary N) is 1. The summed E-state index contributed by atoms with van der Waals surface area (Å²) < 4.78 is 24.0. The van der Waals surface area contributed by atoms with Crippen LogP contribution >= 0.6 is 22.9 Å². The van der Waals surface area contributed by atoms with E-state index < -0.39 is 76.1 Å². The highest BCUT2D eigenvalue weighted by molar-refractivity contribution is 7.13. The van der Waals surface area contributed by atoms with Gasteiger partial charge in [0.1, 0.15) is 54.5 Å². The zero-order valence-electron chi connectivity index (χ0n) is 48.1. The van der Waals surface area contributed by atoms with Gasteiger partial charge < -0.3 is 50.8 Å². The van der Waals surface area contributed by atoms with Crippen LogP contribution in [0.2, 0.25) is 5.02 Å². The number of hydrogen-bond acceptors (Lipinski definition) is 14. The van der Waals surface area contributed by atoms with Gasteiger partial charge in [0.05, 0.1) is 45.9 Å². The number of likely N-dealkylation sites (tertiary alicyclic amines) is 1. The molecule has 5 amide bonds. The molecule has 4 aromatic rings. The highest BCUT2D eigenvalue weighted by Crippen LogP contribution is 2.55. The highest BCUT2D eigenvalue weighted by atomic mass is 35.5. The SMILES string of the molecule is Cc1ncsc1-c1ccc(CNC(=O)[C@@H]2C[C@@H](OC(=O)[C@@H](NC(=O)[C@@H](N)C(C)C)C(C)C)CN2C(=O)[C@@H](NC(=O)COCCCCOc2ccc(C(=O)N[C@H]3C(C)(C)[C@H](Oc4ccc(C#N)c(Cl)c4)C3(C)C)cc2)C(C)(C)C)cc1. The van der Waals surface area contributed by atoms with Crippen molar-refractivity contribution in [1.29, 1.82) is 5.26 Å². The third kappa shape index (κ3) is 15.4. The lowest BCUT2D eigenvalue weighted by atomic mass is 9.49.